The third-order valence-electron chi connectivity index (χ3n) is 4.67. The summed E-state index contributed by atoms with van der Waals surface area (Å²) >= 11 is 0. The van der Waals surface area contributed by atoms with Crippen LogP contribution in [0.4, 0.5) is 0 Å². The third-order valence-corrected chi connectivity index (χ3v) is 4.67. The van der Waals surface area contributed by atoms with Crippen LogP contribution in [0.3, 0.4) is 0 Å². The first-order chi connectivity index (χ1) is 12.8. The van der Waals surface area contributed by atoms with E-state index in [4.69, 9.17) is 14.2 Å². The Morgan fingerprint density at radius 1 is 1.15 bits per heavy atom. The lowest BCUT2D eigenvalue weighted by atomic mass is 10.00. The van der Waals surface area contributed by atoms with E-state index in [-0.39, 0.29) is 6.04 Å². The van der Waals surface area contributed by atoms with Crippen LogP contribution < -0.4 is 14.8 Å². The van der Waals surface area contributed by atoms with Crippen LogP contribution in [0, 0.1) is 6.92 Å². The van der Waals surface area contributed by atoms with Crippen LogP contribution in [0.2, 0.25) is 0 Å². The van der Waals surface area contributed by atoms with Crippen molar-refractivity contribution in [3.05, 3.63) is 59.2 Å². The van der Waals surface area contributed by atoms with Crippen LogP contribution in [0.25, 0.3) is 0 Å². The van der Waals surface area contributed by atoms with Crippen molar-refractivity contribution in [2.45, 2.75) is 25.8 Å². The summed E-state index contributed by atoms with van der Waals surface area (Å²) in [6.45, 7) is 4.75. The van der Waals surface area contributed by atoms with Gasteiger partial charge >= 0.3 is 0 Å². The summed E-state index contributed by atoms with van der Waals surface area (Å²) in [5.41, 5.74) is 3.61. The summed E-state index contributed by atoms with van der Waals surface area (Å²) in [4.78, 5) is 4.37. The Kier molecular flexibility index (Phi) is 4.95. The topological polar surface area (TPSA) is 52.1 Å². The molecule has 26 heavy (non-hydrogen) atoms. The average Bonchev–Trinajstić information content (AvgIpc) is 3.32. The van der Waals surface area contributed by atoms with E-state index in [0.29, 0.717) is 25.8 Å². The molecule has 5 heteroatoms. The van der Waals surface area contributed by atoms with Crippen molar-refractivity contribution in [3.8, 4) is 11.5 Å². The van der Waals surface area contributed by atoms with Gasteiger partial charge in [0.1, 0.15) is 18.1 Å². The van der Waals surface area contributed by atoms with Crippen molar-refractivity contribution in [2.75, 3.05) is 26.4 Å². The SMILES string of the molecule is Cc1cccc(OCCC(NC2=NCCO2)c2cccc3c2OCC3)c1. The van der Waals surface area contributed by atoms with Crippen LogP contribution in [0.1, 0.15) is 29.2 Å². The maximum atomic E-state index is 5.96. The van der Waals surface area contributed by atoms with Crippen molar-refractivity contribution >= 4 is 6.02 Å². The number of amidine groups is 1. The van der Waals surface area contributed by atoms with Crippen molar-refractivity contribution in [2.24, 2.45) is 4.99 Å². The highest BCUT2D eigenvalue weighted by Gasteiger charge is 2.24. The second-order valence-electron chi connectivity index (χ2n) is 6.62. The number of rotatable bonds is 6. The largest absolute Gasteiger partial charge is 0.493 e. The molecule has 0 saturated carbocycles. The number of hydrogen-bond acceptors (Lipinski definition) is 5. The molecule has 0 fully saturated rings. The minimum absolute atomic E-state index is 0.0321. The Labute approximate surface area is 154 Å². The molecule has 1 atom stereocenters. The molecule has 0 saturated heterocycles. The average molecular weight is 352 g/mol. The van der Waals surface area contributed by atoms with Crippen molar-refractivity contribution < 1.29 is 14.2 Å². The number of fused-ring (bicyclic) bond motifs is 1. The summed E-state index contributed by atoms with van der Waals surface area (Å²) in [5.74, 6) is 1.90. The lowest BCUT2D eigenvalue weighted by Gasteiger charge is -2.22. The smallest absolute Gasteiger partial charge is 0.285 e. The van der Waals surface area contributed by atoms with E-state index in [2.05, 4.69) is 47.6 Å². The van der Waals surface area contributed by atoms with Gasteiger partial charge in [0, 0.05) is 18.4 Å². The highest BCUT2D eigenvalue weighted by molar-refractivity contribution is 5.75. The Hall–Kier alpha value is -2.69. The molecule has 0 spiro atoms. The Balaban J connectivity index is 1.49. The van der Waals surface area contributed by atoms with Gasteiger partial charge in [-0.1, -0.05) is 30.3 Å². The van der Waals surface area contributed by atoms with Crippen LogP contribution in [-0.2, 0) is 11.2 Å². The number of para-hydroxylation sites is 1. The van der Waals surface area contributed by atoms with Crippen LogP contribution in [0.15, 0.2) is 47.5 Å². The van der Waals surface area contributed by atoms with Gasteiger partial charge in [0.15, 0.2) is 0 Å². The monoisotopic (exact) mass is 352 g/mol. The number of aliphatic imine (C=N–C) groups is 1. The standard InChI is InChI=1S/C21H24N2O3/c1-15-4-2-6-17(14-15)24-12-9-19(23-21-22-10-13-26-21)18-7-3-5-16-8-11-25-20(16)18/h2-7,14,19H,8-13H2,1H3,(H,22,23). The highest BCUT2D eigenvalue weighted by atomic mass is 16.5. The lowest BCUT2D eigenvalue weighted by molar-refractivity contribution is 0.279. The van der Waals surface area contributed by atoms with Crippen molar-refractivity contribution in [1.82, 2.24) is 5.32 Å². The van der Waals surface area contributed by atoms with Crippen LogP contribution >= 0.6 is 0 Å². The second kappa shape index (κ2) is 7.68. The van der Waals surface area contributed by atoms with Crippen LogP contribution in [-0.4, -0.2) is 32.4 Å². The van der Waals surface area contributed by atoms with E-state index in [1.54, 1.807) is 0 Å². The van der Waals surface area contributed by atoms with Gasteiger partial charge in [0.05, 0.1) is 25.8 Å². The summed E-state index contributed by atoms with van der Waals surface area (Å²) in [7, 11) is 0. The summed E-state index contributed by atoms with van der Waals surface area (Å²) in [6, 6.07) is 15.1. The maximum Gasteiger partial charge on any atom is 0.285 e. The summed E-state index contributed by atoms with van der Waals surface area (Å²) in [5, 5.41) is 3.43. The van der Waals surface area contributed by atoms with E-state index in [1.807, 2.05) is 12.1 Å². The Bertz CT molecular complexity index is 804. The zero-order valence-electron chi connectivity index (χ0n) is 15.0. The molecule has 0 bridgehead atoms. The molecule has 2 aromatic rings. The number of hydrogen-bond donors (Lipinski definition) is 1. The Morgan fingerprint density at radius 3 is 2.92 bits per heavy atom. The predicted molar refractivity (Wildman–Crippen MR) is 101 cm³/mol. The fourth-order valence-electron chi connectivity index (χ4n) is 3.39. The van der Waals surface area contributed by atoms with Gasteiger partial charge in [-0.05, 0) is 30.2 Å². The molecule has 4 rings (SSSR count). The third kappa shape index (κ3) is 3.77. The van der Waals surface area contributed by atoms with Gasteiger partial charge in [-0.3, -0.25) is 0 Å². The number of nitrogens with zero attached hydrogens (tertiary/aromatic N) is 1. The molecular weight excluding hydrogens is 328 g/mol. The highest BCUT2D eigenvalue weighted by Crippen LogP contribution is 2.35. The van der Waals surface area contributed by atoms with Gasteiger partial charge in [-0.25, -0.2) is 4.99 Å². The Morgan fingerprint density at radius 2 is 2.08 bits per heavy atom. The summed E-state index contributed by atoms with van der Waals surface area (Å²) in [6.07, 6.45) is 1.75. The molecule has 5 nitrogen and oxygen atoms in total. The molecule has 2 aliphatic heterocycles. The number of ether oxygens (including phenoxy) is 3. The van der Waals surface area contributed by atoms with Gasteiger partial charge in [-0.2, -0.15) is 0 Å². The normalized spacial score (nSPS) is 16.3. The first-order valence-corrected chi connectivity index (χ1v) is 9.17. The molecule has 0 aromatic heterocycles. The number of aryl methyl sites for hydroxylation is 1. The first-order valence-electron chi connectivity index (χ1n) is 9.17. The molecule has 2 aliphatic rings. The molecule has 136 valence electrons. The van der Waals surface area contributed by atoms with Gasteiger partial charge < -0.3 is 19.5 Å². The van der Waals surface area contributed by atoms with E-state index in [0.717, 1.165) is 36.5 Å². The fourth-order valence-corrected chi connectivity index (χ4v) is 3.39. The van der Waals surface area contributed by atoms with Crippen LogP contribution in [0.5, 0.6) is 11.5 Å². The molecule has 1 N–H and O–H groups in total. The van der Waals surface area contributed by atoms with Gasteiger partial charge in [-0.15, -0.1) is 0 Å². The second-order valence-corrected chi connectivity index (χ2v) is 6.62. The van der Waals surface area contributed by atoms with Crippen molar-refractivity contribution in [1.29, 1.82) is 0 Å². The molecule has 2 aromatic carbocycles. The molecule has 0 aliphatic carbocycles. The van der Waals surface area contributed by atoms with Crippen molar-refractivity contribution in [3.63, 3.8) is 0 Å². The quantitative estimate of drug-likeness (QED) is 0.866. The fraction of sp³-hybridized carbons (Fsp3) is 0.381. The maximum absolute atomic E-state index is 5.96. The first kappa shape index (κ1) is 16.8. The predicted octanol–water partition coefficient (Wildman–Crippen LogP) is 3.42. The van der Waals surface area contributed by atoms with E-state index >= 15 is 0 Å². The minimum Gasteiger partial charge on any atom is -0.493 e. The number of benzene rings is 2. The zero-order chi connectivity index (χ0) is 17.8. The molecule has 2 heterocycles. The molecule has 1 unspecified atom stereocenters. The molecule has 0 amide bonds. The minimum atomic E-state index is 0.0321. The van der Waals surface area contributed by atoms with Gasteiger partial charge in [0.25, 0.3) is 6.02 Å². The lowest BCUT2D eigenvalue weighted by Crippen LogP contribution is -2.30. The van der Waals surface area contributed by atoms with E-state index in [9.17, 15) is 0 Å². The summed E-state index contributed by atoms with van der Waals surface area (Å²) < 4.78 is 17.4. The zero-order valence-corrected chi connectivity index (χ0v) is 15.0. The molecule has 0 radical (unpaired) electrons. The van der Waals surface area contributed by atoms with E-state index < -0.39 is 0 Å². The molecular formula is C21H24N2O3. The number of nitrogens with one attached hydrogen (secondary N) is 1. The van der Waals surface area contributed by atoms with Gasteiger partial charge in [0.2, 0.25) is 0 Å². The van der Waals surface area contributed by atoms with E-state index in [1.165, 1.54) is 11.1 Å².